The van der Waals surface area contributed by atoms with Crippen LogP contribution in [-0.2, 0) is 6.18 Å². The molecule has 1 aromatic carbocycles. The lowest BCUT2D eigenvalue weighted by atomic mass is 9.93. The van der Waals surface area contributed by atoms with Gasteiger partial charge in [0.05, 0.1) is 16.8 Å². The van der Waals surface area contributed by atoms with Crippen molar-refractivity contribution in [2.24, 2.45) is 11.3 Å². The Morgan fingerprint density at radius 2 is 2.05 bits per heavy atom. The average molecular weight is 301 g/mol. The predicted molar refractivity (Wildman–Crippen MR) is 73.6 cm³/mol. The number of anilines is 1. The third kappa shape index (κ3) is 3.29. The van der Waals surface area contributed by atoms with Crippen molar-refractivity contribution in [2.45, 2.75) is 26.4 Å². The molecule has 116 valence electrons. The number of nitrogens with two attached hydrogens (primary N) is 1. The molecule has 4 nitrogen and oxygen atoms in total. The maximum absolute atomic E-state index is 12.8. The van der Waals surface area contributed by atoms with Crippen LogP contribution in [0.25, 0.3) is 0 Å². The van der Waals surface area contributed by atoms with Crippen LogP contribution in [0, 0.1) is 5.41 Å². The highest BCUT2D eigenvalue weighted by atomic mass is 19.4. The van der Waals surface area contributed by atoms with Crippen LogP contribution in [0.15, 0.2) is 18.2 Å². The van der Waals surface area contributed by atoms with Gasteiger partial charge in [0.15, 0.2) is 0 Å². The number of hydrogen-bond acceptors (Lipinski definition) is 3. The van der Waals surface area contributed by atoms with Crippen LogP contribution in [-0.4, -0.2) is 23.9 Å². The van der Waals surface area contributed by atoms with Gasteiger partial charge < -0.3 is 10.3 Å². The number of likely N-dealkylation sites (tertiary alicyclic amines) is 1. The molecule has 3 N–H and O–H groups in total. The van der Waals surface area contributed by atoms with Crippen LogP contribution in [0.1, 0.15) is 36.2 Å². The van der Waals surface area contributed by atoms with Gasteiger partial charge in [-0.05, 0) is 30.0 Å². The van der Waals surface area contributed by atoms with Crippen LogP contribution in [0.3, 0.4) is 0 Å². The summed E-state index contributed by atoms with van der Waals surface area (Å²) in [5, 5.41) is 0. The van der Waals surface area contributed by atoms with Gasteiger partial charge in [-0.15, -0.1) is 0 Å². The van der Waals surface area contributed by atoms with E-state index in [-0.39, 0.29) is 16.7 Å². The van der Waals surface area contributed by atoms with Crippen molar-refractivity contribution in [1.82, 2.24) is 4.90 Å². The third-order valence-corrected chi connectivity index (χ3v) is 3.70. The van der Waals surface area contributed by atoms with E-state index in [9.17, 15) is 18.0 Å². The standard InChI is InChI=1S/C14H18F3N3O/c1-13(2)5-6-20(8-13)12(21)10-7-9(14(15,16)17)3-4-11(10)19-18/h3-4,7,19H,5-6,8,18H2,1-2H3. The number of hydrogen-bond donors (Lipinski definition) is 2. The molecule has 0 aliphatic carbocycles. The fraction of sp³-hybridized carbons (Fsp3) is 0.500. The fourth-order valence-electron chi connectivity index (χ4n) is 2.48. The van der Waals surface area contributed by atoms with Crippen LogP contribution in [0.4, 0.5) is 18.9 Å². The first kappa shape index (κ1) is 15.6. The Balaban J connectivity index is 2.35. The summed E-state index contributed by atoms with van der Waals surface area (Å²) in [6.45, 7) is 5.10. The van der Waals surface area contributed by atoms with Crippen molar-refractivity contribution < 1.29 is 18.0 Å². The maximum Gasteiger partial charge on any atom is 0.416 e. The topological polar surface area (TPSA) is 58.4 Å². The molecule has 1 aromatic rings. The number of nitrogens with one attached hydrogen (secondary N) is 1. The van der Waals surface area contributed by atoms with Gasteiger partial charge >= 0.3 is 6.18 Å². The van der Waals surface area contributed by atoms with E-state index in [0.717, 1.165) is 18.6 Å². The molecule has 7 heteroatoms. The minimum Gasteiger partial charge on any atom is -0.338 e. The van der Waals surface area contributed by atoms with Crippen molar-refractivity contribution in [3.8, 4) is 0 Å². The number of benzene rings is 1. The van der Waals surface area contributed by atoms with Gasteiger partial charge in [0.1, 0.15) is 0 Å². The van der Waals surface area contributed by atoms with Crippen molar-refractivity contribution >= 4 is 11.6 Å². The molecule has 1 amide bonds. The monoisotopic (exact) mass is 301 g/mol. The number of nitrogens with zero attached hydrogens (tertiary/aromatic N) is 1. The van der Waals surface area contributed by atoms with Gasteiger partial charge in [0.2, 0.25) is 0 Å². The average Bonchev–Trinajstić information content (AvgIpc) is 2.76. The van der Waals surface area contributed by atoms with Crippen molar-refractivity contribution in [3.05, 3.63) is 29.3 Å². The number of rotatable bonds is 2. The zero-order chi connectivity index (χ0) is 15.8. The molecule has 0 spiro atoms. The van der Waals surface area contributed by atoms with E-state index in [1.165, 1.54) is 6.07 Å². The van der Waals surface area contributed by atoms with Crippen LogP contribution < -0.4 is 11.3 Å². The zero-order valence-electron chi connectivity index (χ0n) is 11.9. The Kier molecular flexibility index (Phi) is 3.88. The highest BCUT2D eigenvalue weighted by molar-refractivity contribution is 6.00. The van der Waals surface area contributed by atoms with Gasteiger partial charge in [0, 0.05) is 13.1 Å². The molecule has 2 rings (SSSR count). The van der Waals surface area contributed by atoms with Gasteiger partial charge in [-0.2, -0.15) is 13.2 Å². The summed E-state index contributed by atoms with van der Waals surface area (Å²) in [4.78, 5) is 14.0. The van der Waals surface area contributed by atoms with E-state index in [1.807, 2.05) is 13.8 Å². The fourth-order valence-corrected chi connectivity index (χ4v) is 2.48. The largest absolute Gasteiger partial charge is 0.416 e. The molecule has 0 radical (unpaired) electrons. The number of alkyl halides is 3. The Morgan fingerprint density at radius 1 is 1.38 bits per heavy atom. The molecule has 1 saturated heterocycles. The summed E-state index contributed by atoms with van der Waals surface area (Å²) < 4.78 is 38.4. The van der Waals surface area contributed by atoms with Crippen LogP contribution in [0.5, 0.6) is 0 Å². The number of carbonyl (C=O) groups excluding carboxylic acids is 1. The minimum atomic E-state index is -4.49. The molecule has 0 aromatic heterocycles. The second kappa shape index (κ2) is 5.22. The summed E-state index contributed by atoms with van der Waals surface area (Å²) in [6, 6.07) is 2.93. The molecule has 0 atom stereocenters. The lowest BCUT2D eigenvalue weighted by Crippen LogP contribution is -2.31. The summed E-state index contributed by atoms with van der Waals surface area (Å²) in [6.07, 6.45) is -3.67. The molecule has 0 saturated carbocycles. The SMILES string of the molecule is CC1(C)CCN(C(=O)c2cc(C(F)(F)F)ccc2NN)C1. The first-order valence-corrected chi connectivity index (χ1v) is 6.61. The summed E-state index contributed by atoms with van der Waals surface area (Å²) in [7, 11) is 0. The molecule has 1 fully saturated rings. The normalized spacial score (nSPS) is 17.9. The van der Waals surface area contributed by atoms with Crippen molar-refractivity contribution in [2.75, 3.05) is 18.5 Å². The maximum atomic E-state index is 12.8. The zero-order valence-corrected chi connectivity index (χ0v) is 11.9. The molecule has 21 heavy (non-hydrogen) atoms. The molecule has 1 aliphatic rings. The van der Waals surface area contributed by atoms with E-state index < -0.39 is 17.6 Å². The summed E-state index contributed by atoms with van der Waals surface area (Å²) >= 11 is 0. The molecule has 1 heterocycles. The second-order valence-corrected chi connectivity index (χ2v) is 6.04. The number of amides is 1. The van der Waals surface area contributed by atoms with E-state index in [0.29, 0.717) is 13.1 Å². The predicted octanol–water partition coefficient (Wildman–Crippen LogP) is 2.86. The van der Waals surface area contributed by atoms with E-state index >= 15 is 0 Å². The minimum absolute atomic E-state index is 0.0202. The lowest BCUT2D eigenvalue weighted by molar-refractivity contribution is -0.137. The Bertz CT molecular complexity index is 555. The molecular weight excluding hydrogens is 283 g/mol. The van der Waals surface area contributed by atoms with Gasteiger partial charge in [-0.3, -0.25) is 10.6 Å². The van der Waals surface area contributed by atoms with Gasteiger partial charge in [0.25, 0.3) is 5.91 Å². The number of carbonyl (C=O) groups is 1. The summed E-state index contributed by atoms with van der Waals surface area (Å²) in [5.74, 6) is 4.87. The Morgan fingerprint density at radius 3 is 2.52 bits per heavy atom. The van der Waals surface area contributed by atoms with Gasteiger partial charge in [-0.25, -0.2) is 0 Å². The van der Waals surface area contributed by atoms with Crippen molar-refractivity contribution in [1.29, 1.82) is 0 Å². The first-order chi connectivity index (χ1) is 9.64. The van der Waals surface area contributed by atoms with Crippen LogP contribution >= 0.6 is 0 Å². The first-order valence-electron chi connectivity index (χ1n) is 6.61. The lowest BCUT2D eigenvalue weighted by Gasteiger charge is -2.21. The third-order valence-electron chi connectivity index (χ3n) is 3.70. The Hall–Kier alpha value is -1.76. The second-order valence-electron chi connectivity index (χ2n) is 6.04. The van der Waals surface area contributed by atoms with Gasteiger partial charge in [-0.1, -0.05) is 13.8 Å². The Labute approximate surface area is 121 Å². The number of nitrogen functional groups attached to an aromatic ring is 1. The molecule has 0 bridgehead atoms. The number of halogens is 3. The highest BCUT2D eigenvalue weighted by Gasteiger charge is 2.35. The van der Waals surface area contributed by atoms with E-state index in [2.05, 4.69) is 5.43 Å². The molecule has 1 aliphatic heterocycles. The van der Waals surface area contributed by atoms with Crippen molar-refractivity contribution in [3.63, 3.8) is 0 Å². The summed E-state index contributed by atoms with van der Waals surface area (Å²) in [5.41, 5.74) is 1.55. The van der Waals surface area contributed by atoms with E-state index in [1.54, 1.807) is 4.90 Å². The van der Waals surface area contributed by atoms with E-state index in [4.69, 9.17) is 5.84 Å². The van der Waals surface area contributed by atoms with Crippen LogP contribution in [0.2, 0.25) is 0 Å². The highest BCUT2D eigenvalue weighted by Crippen LogP contribution is 2.34. The molecule has 0 unspecified atom stereocenters. The number of hydrazine groups is 1. The molecular formula is C14H18F3N3O. The quantitative estimate of drug-likeness (QED) is 0.652. The smallest absolute Gasteiger partial charge is 0.338 e.